The summed E-state index contributed by atoms with van der Waals surface area (Å²) in [6, 6.07) is 12.2. The number of nitrogens with one attached hydrogen (secondary N) is 1. The van der Waals surface area contributed by atoms with Gasteiger partial charge in [0.2, 0.25) is 5.91 Å². The minimum absolute atomic E-state index is 0.0457. The molecule has 0 bridgehead atoms. The van der Waals surface area contributed by atoms with Crippen LogP contribution in [-0.2, 0) is 14.8 Å². The lowest BCUT2D eigenvalue weighted by Gasteiger charge is -2.38. The van der Waals surface area contributed by atoms with Gasteiger partial charge in [-0.25, -0.2) is 13.2 Å². The van der Waals surface area contributed by atoms with E-state index >= 15 is 0 Å². The Labute approximate surface area is 196 Å². The molecule has 1 N–H and O–H groups in total. The first-order valence-electron chi connectivity index (χ1n) is 10.5. The molecule has 0 radical (unpaired) electrons. The Morgan fingerprint density at radius 2 is 1.56 bits per heavy atom. The number of thiophene rings is 1. The van der Waals surface area contributed by atoms with Gasteiger partial charge in [0.15, 0.2) is 0 Å². The topological polar surface area (TPSA) is 90.0 Å². The van der Waals surface area contributed by atoms with Gasteiger partial charge in [-0.15, -0.1) is 11.3 Å². The number of hydrogen-bond donors (Lipinski definition) is 1. The molecular formula is C21H25ClN4O4S2. The van der Waals surface area contributed by atoms with Crippen molar-refractivity contribution in [2.45, 2.75) is 17.1 Å². The van der Waals surface area contributed by atoms with Gasteiger partial charge in [0.25, 0.3) is 10.0 Å². The van der Waals surface area contributed by atoms with Crippen molar-refractivity contribution < 1.29 is 18.0 Å². The molecule has 2 saturated heterocycles. The fraction of sp³-hybridized carbons (Fsp3) is 0.429. The summed E-state index contributed by atoms with van der Waals surface area (Å²) in [5.41, 5.74) is 0.744. The minimum atomic E-state index is -3.58. The Bertz CT molecular complexity index is 1060. The summed E-state index contributed by atoms with van der Waals surface area (Å²) in [5.74, 6) is -0.0978. The van der Waals surface area contributed by atoms with Crippen LogP contribution in [0, 0.1) is 5.92 Å². The quantitative estimate of drug-likeness (QED) is 0.704. The summed E-state index contributed by atoms with van der Waals surface area (Å²) in [4.78, 5) is 28.9. The van der Waals surface area contributed by atoms with E-state index in [2.05, 4.69) is 5.32 Å². The molecule has 1 aromatic heterocycles. The van der Waals surface area contributed by atoms with Crippen molar-refractivity contribution in [2.75, 3.05) is 44.6 Å². The van der Waals surface area contributed by atoms with Crippen molar-refractivity contribution in [3.63, 3.8) is 0 Å². The second-order valence-corrected chi connectivity index (χ2v) is 11.7. The number of likely N-dealkylation sites (tertiary alicyclic amines) is 1. The highest BCUT2D eigenvalue weighted by Gasteiger charge is 2.35. The van der Waals surface area contributed by atoms with Crippen LogP contribution in [0.4, 0.5) is 10.5 Å². The lowest BCUT2D eigenvalue weighted by Crippen LogP contribution is -2.53. The zero-order valence-electron chi connectivity index (χ0n) is 17.4. The molecule has 1 aromatic carbocycles. The van der Waals surface area contributed by atoms with Crippen molar-refractivity contribution in [1.82, 2.24) is 14.1 Å². The second kappa shape index (κ2) is 9.78. The molecule has 0 unspecified atom stereocenters. The lowest BCUT2D eigenvalue weighted by molar-refractivity contribution is -0.138. The van der Waals surface area contributed by atoms with Gasteiger partial charge in [0, 0.05) is 50.9 Å². The van der Waals surface area contributed by atoms with Crippen molar-refractivity contribution >= 4 is 50.6 Å². The third-order valence-electron chi connectivity index (χ3n) is 5.85. The molecule has 3 heterocycles. The SMILES string of the molecule is O=C(Nc1ccccc1)N1CCC(C(=O)N2CCN(S(=O)(=O)c3ccc(Cl)s3)CC2)CC1. The molecule has 0 spiro atoms. The number of carbonyl (C=O) groups excluding carboxylic acids is 2. The minimum Gasteiger partial charge on any atom is -0.340 e. The maximum Gasteiger partial charge on any atom is 0.321 e. The molecule has 0 atom stereocenters. The summed E-state index contributed by atoms with van der Waals surface area (Å²) in [6.07, 6.45) is 1.21. The number of carbonyl (C=O) groups is 2. The predicted octanol–water partition coefficient (Wildman–Crippen LogP) is 3.18. The molecule has 4 rings (SSSR count). The van der Waals surface area contributed by atoms with Crippen molar-refractivity contribution in [2.24, 2.45) is 5.92 Å². The van der Waals surface area contributed by atoms with E-state index in [-0.39, 0.29) is 35.2 Å². The number of piperazine rings is 1. The third kappa shape index (κ3) is 5.09. The largest absolute Gasteiger partial charge is 0.340 e. The number of rotatable bonds is 4. The van der Waals surface area contributed by atoms with E-state index in [0.29, 0.717) is 43.4 Å². The van der Waals surface area contributed by atoms with Crippen molar-refractivity contribution in [1.29, 1.82) is 0 Å². The summed E-state index contributed by atoms with van der Waals surface area (Å²) in [5, 5.41) is 2.87. The van der Waals surface area contributed by atoms with Crippen LogP contribution >= 0.6 is 22.9 Å². The smallest absolute Gasteiger partial charge is 0.321 e. The summed E-state index contributed by atoms with van der Waals surface area (Å²) in [7, 11) is -3.58. The molecule has 0 saturated carbocycles. The predicted molar refractivity (Wildman–Crippen MR) is 124 cm³/mol. The van der Waals surface area contributed by atoms with E-state index in [9.17, 15) is 18.0 Å². The number of urea groups is 1. The highest BCUT2D eigenvalue weighted by Crippen LogP contribution is 2.29. The van der Waals surface area contributed by atoms with Gasteiger partial charge in [-0.1, -0.05) is 29.8 Å². The van der Waals surface area contributed by atoms with E-state index in [1.54, 1.807) is 15.9 Å². The Kier molecular flexibility index (Phi) is 7.04. The van der Waals surface area contributed by atoms with Crippen LogP contribution in [0.3, 0.4) is 0 Å². The molecule has 32 heavy (non-hydrogen) atoms. The third-order valence-corrected chi connectivity index (χ3v) is 9.45. The number of para-hydroxylation sites is 1. The van der Waals surface area contributed by atoms with Gasteiger partial charge < -0.3 is 15.1 Å². The van der Waals surface area contributed by atoms with Gasteiger partial charge in [-0.05, 0) is 37.1 Å². The maximum absolute atomic E-state index is 13.0. The number of anilines is 1. The highest BCUT2D eigenvalue weighted by atomic mass is 35.5. The molecule has 172 valence electrons. The molecule has 2 aromatic rings. The Balaban J connectivity index is 1.26. The molecule has 3 amide bonds. The van der Waals surface area contributed by atoms with E-state index < -0.39 is 10.0 Å². The van der Waals surface area contributed by atoms with Gasteiger partial charge in [-0.2, -0.15) is 4.31 Å². The van der Waals surface area contributed by atoms with Gasteiger partial charge in [0.05, 0.1) is 4.34 Å². The number of sulfonamides is 1. The van der Waals surface area contributed by atoms with Gasteiger partial charge in [-0.3, -0.25) is 4.79 Å². The Morgan fingerprint density at radius 1 is 0.906 bits per heavy atom. The van der Waals surface area contributed by atoms with Gasteiger partial charge in [0.1, 0.15) is 4.21 Å². The van der Waals surface area contributed by atoms with Crippen LogP contribution in [0.25, 0.3) is 0 Å². The van der Waals surface area contributed by atoms with E-state index in [0.717, 1.165) is 17.0 Å². The molecule has 11 heteroatoms. The fourth-order valence-electron chi connectivity index (χ4n) is 4.02. The average Bonchev–Trinajstić information content (AvgIpc) is 3.26. The molecule has 0 aliphatic carbocycles. The standard InChI is InChI=1S/C21H25ClN4O4S2/c22-18-6-7-19(31-18)32(29,30)26-14-12-24(13-15-26)20(27)16-8-10-25(11-9-16)21(28)23-17-4-2-1-3-5-17/h1-7,16H,8-15H2,(H,23,28). The lowest BCUT2D eigenvalue weighted by atomic mass is 9.95. The number of nitrogens with zero attached hydrogens (tertiary/aromatic N) is 3. The normalized spacial score (nSPS) is 18.5. The van der Waals surface area contributed by atoms with E-state index in [4.69, 9.17) is 11.6 Å². The summed E-state index contributed by atoms with van der Waals surface area (Å²) >= 11 is 6.92. The van der Waals surface area contributed by atoms with E-state index in [1.807, 2.05) is 30.3 Å². The number of benzene rings is 1. The zero-order valence-corrected chi connectivity index (χ0v) is 19.8. The Hall–Kier alpha value is -2.14. The fourth-order valence-corrected chi connectivity index (χ4v) is 7.08. The molecule has 2 aliphatic rings. The zero-order chi connectivity index (χ0) is 22.7. The maximum atomic E-state index is 13.0. The number of amides is 3. The van der Waals surface area contributed by atoms with Crippen LogP contribution in [0.2, 0.25) is 4.34 Å². The number of hydrogen-bond acceptors (Lipinski definition) is 5. The molecule has 8 nitrogen and oxygen atoms in total. The van der Waals surface area contributed by atoms with Crippen molar-refractivity contribution in [3.8, 4) is 0 Å². The number of halogens is 1. The monoisotopic (exact) mass is 496 g/mol. The molecule has 2 fully saturated rings. The van der Waals surface area contributed by atoms with Crippen LogP contribution in [0.15, 0.2) is 46.7 Å². The number of piperidine rings is 1. The van der Waals surface area contributed by atoms with Gasteiger partial charge >= 0.3 is 6.03 Å². The van der Waals surface area contributed by atoms with Crippen LogP contribution < -0.4 is 5.32 Å². The molecular weight excluding hydrogens is 472 g/mol. The molecule has 2 aliphatic heterocycles. The summed E-state index contributed by atoms with van der Waals surface area (Å²) in [6.45, 7) is 2.30. The average molecular weight is 497 g/mol. The van der Waals surface area contributed by atoms with Crippen molar-refractivity contribution in [3.05, 3.63) is 46.8 Å². The first kappa shape index (κ1) is 23.0. The highest BCUT2D eigenvalue weighted by molar-refractivity contribution is 7.91. The Morgan fingerprint density at radius 3 is 2.16 bits per heavy atom. The first-order chi connectivity index (χ1) is 15.3. The van der Waals surface area contributed by atoms with Crippen LogP contribution in [0.5, 0.6) is 0 Å². The van der Waals surface area contributed by atoms with Crippen LogP contribution in [0.1, 0.15) is 12.8 Å². The van der Waals surface area contributed by atoms with Crippen LogP contribution in [-0.4, -0.2) is 73.7 Å². The first-order valence-corrected chi connectivity index (χ1v) is 13.1. The summed E-state index contributed by atoms with van der Waals surface area (Å²) < 4.78 is 27.6. The second-order valence-electron chi connectivity index (χ2n) is 7.85. The van der Waals surface area contributed by atoms with E-state index in [1.165, 1.54) is 10.4 Å².